The molecule has 0 unspecified atom stereocenters. The molecule has 0 aromatic heterocycles. The van der Waals surface area contributed by atoms with Crippen LogP contribution in [0.15, 0.2) is 48.0 Å². The van der Waals surface area contributed by atoms with Gasteiger partial charge in [0.1, 0.15) is 17.5 Å². The van der Waals surface area contributed by atoms with Gasteiger partial charge in [-0.2, -0.15) is 5.26 Å². The van der Waals surface area contributed by atoms with E-state index in [1.807, 2.05) is 6.07 Å². The molecule has 152 valence electrons. The fraction of sp³-hybridized carbons (Fsp3) is 0.143. The second-order valence-corrected chi connectivity index (χ2v) is 6.02. The van der Waals surface area contributed by atoms with Crippen LogP contribution in [0.25, 0.3) is 6.08 Å². The highest BCUT2D eigenvalue weighted by atomic mass is 19.1. The van der Waals surface area contributed by atoms with Crippen molar-refractivity contribution in [2.24, 2.45) is 0 Å². The van der Waals surface area contributed by atoms with Gasteiger partial charge in [-0.3, -0.25) is 14.9 Å². The Morgan fingerprint density at radius 2 is 1.93 bits per heavy atom. The molecule has 30 heavy (non-hydrogen) atoms. The number of rotatable bonds is 6. The maximum atomic E-state index is 13.5. The molecule has 8 nitrogen and oxygen atoms in total. The summed E-state index contributed by atoms with van der Waals surface area (Å²) in [5, 5.41) is 10.7. The molecule has 0 bridgehead atoms. The molecule has 1 heterocycles. The molecule has 0 radical (unpaired) electrons. The van der Waals surface area contributed by atoms with E-state index in [0.717, 1.165) is 6.07 Å². The minimum atomic E-state index is -0.969. The molecule has 3 rings (SSSR count). The Kier molecular flexibility index (Phi) is 6.08. The van der Waals surface area contributed by atoms with Gasteiger partial charge in [0, 0.05) is 0 Å². The summed E-state index contributed by atoms with van der Waals surface area (Å²) in [6.45, 7) is 1.91. The van der Waals surface area contributed by atoms with E-state index in [1.165, 1.54) is 36.4 Å². The minimum Gasteiger partial charge on any atom is -0.490 e. The van der Waals surface area contributed by atoms with Crippen LogP contribution in [0.5, 0.6) is 11.5 Å². The average Bonchev–Trinajstić information content (AvgIpc) is 2.70. The van der Waals surface area contributed by atoms with E-state index in [0.29, 0.717) is 28.6 Å². The van der Waals surface area contributed by atoms with Crippen molar-refractivity contribution in [3.8, 4) is 17.6 Å². The summed E-state index contributed by atoms with van der Waals surface area (Å²) in [6.07, 6.45) is 1.28. The van der Waals surface area contributed by atoms with Crippen LogP contribution in [0, 0.1) is 17.1 Å². The molecule has 2 aromatic carbocycles. The number of anilines is 1. The molecule has 1 fully saturated rings. The fourth-order valence-corrected chi connectivity index (χ4v) is 2.79. The first-order valence-electron chi connectivity index (χ1n) is 8.88. The molecule has 0 aliphatic carbocycles. The molecule has 0 atom stereocenters. The van der Waals surface area contributed by atoms with Crippen LogP contribution in [0.3, 0.4) is 0 Å². The van der Waals surface area contributed by atoms with Crippen molar-refractivity contribution in [3.63, 3.8) is 0 Å². The van der Waals surface area contributed by atoms with Crippen LogP contribution in [0.1, 0.15) is 12.5 Å². The van der Waals surface area contributed by atoms with Crippen molar-refractivity contribution in [3.05, 3.63) is 59.4 Å². The van der Waals surface area contributed by atoms with Gasteiger partial charge in [0.15, 0.2) is 18.1 Å². The lowest BCUT2D eigenvalue weighted by Gasteiger charge is -2.26. The zero-order chi connectivity index (χ0) is 21.7. The quantitative estimate of drug-likeness (QED) is 0.581. The topological polar surface area (TPSA) is 109 Å². The van der Waals surface area contributed by atoms with Gasteiger partial charge >= 0.3 is 6.03 Å². The summed E-state index contributed by atoms with van der Waals surface area (Å²) in [4.78, 5) is 38.0. The Morgan fingerprint density at radius 1 is 1.13 bits per heavy atom. The zero-order valence-electron chi connectivity index (χ0n) is 15.8. The van der Waals surface area contributed by atoms with Crippen molar-refractivity contribution in [2.45, 2.75) is 6.92 Å². The molecule has 1 aliphatic heterocycles. The summed E-state index contributed by atoms with van der Waals surface area (Å²) >= 11 is 0. The predicted octanol–water partition coefficient (Wildman–Crippen LogP) is 2.79. The van der Waals surface area contributed by atoms with E-state index >= 15 is 0 Å². The number of carbonyl (C=O) groups excluding carboxylic acids is 3. The first-order chi connectivity index (χ1) is 14.4. The number of ether oxygens (including phenoxy) is 2. The third kappa shape index (κ3) is 4.28. The largest absolute Gasteiger partial charge is 0.490 e. The number of urea groups is 1. The van der Waals surface area contributed by atoms with Crippen molar-refractivity contribution in [1.82, 2.24) is 5.32 Å². The Hall–Kier alpha value is -4.19. The van der Waals surface area contributed by atoms with Gasteiger partial charge in [0.2, 0.25) is 0 Å². The normalized spacial score (nSPS) is 15.0. The summed E-state index contributed by atoms with van der Waals surface area (Å²) in [5.41, 5.74) is 0.105. The van der Waals surface area contributed by atoms with E-state index in [9.17, 15) is 18.8 Å². The monoisotopic (exact) mass is 409 g/mol. The maximum absolute atomic E-state index is 13.5. The summed E-state index contributed by atoms with van der Waals surface area (Å²) in [7, 11) is 0. The SMILES string of the molecule is CCOc1cc(/C=C2\C(=O)NC(=O)N(c3cccc(F)c3)C2=O)ccc1OCC#N. The summed E-state index contributed by atoms with van der Waals surface area (Å²) < 4.78 is 24.3. The van der Waals surface area contributed by atoms with Gasteiger partial charge in [0.05, 0.1) is 12.3 Å². The van der Waals surface area contributed by atoms with Gasteiger partial charge in [-0.1, -0.05) is 12.1 Å². The molecule has 9 heteroatoms. The zero-order valence-corrected chi connectivity index (χ0v) is 15.8. The van der Waals surface area contributed by atoms with Gasteiger partial charge in [-0.05, 0) is 48.9 Å². The van der Waals surface area contributed by atoms with Crippen LogP contribution in [0.4, 0.5) is 14.9 Å². The molecule has 1 saturated heterocycles. The molecule has 0 spiro atoms. The van der Waals surface area contributed by atoms with Crippen LogP contribution in [-0.4, -0.2) is 31.1 Å². The number of hydrogen-bond acceptors (Lipinski definition) is 6. The van der Waals surface area contributed by atoms with Gasteiger partial charge in [-0.15, -0.1) is 0 Å². The van der Waals surface area contributed by atoms with Crippen LogP contribution in [-0.2, 0) is 9.59 Å². The number of amides is 4. The van der Waals surface area contributed by atoms with E-state index < -0.39 is 23.7 Å². The van der Waals surface area contributed by atoms with Crippen molar-refractivity contribution >= 4 is 29.6 Å². The Morgan fingerprint density at radius 3 is 2.63 bits per heavy atom. The molecular weight excluding hydrogens is 393 g/mol. The van der Waals surface area contributed by atoms with Crippen LogP contribution in [0.2, 0.25) is 0 Å². The molecule has 0 saturated carbocycles. The van der Waals surface area contributed by atoms with E-state index in [1.54, 1.807) is 13.0 Å². The number of imide groups is 2. The second kappa shape index (κ2) is 8.87. The third-order valence-corrected chi connectivity index (χ3v) is 4.04. The van der Waals surface area contributed by atoms with Gasteiger partial charge in [0.25, 0.3) is 11.8 Å². The highest BCUT2D eigenvalue weighted by Crippen LogP contribution is 2.30. The number of benzene rings is 2. The number of carbonyl (C=O) groups is 3. The van der Waals surface area contributed by atoms with Crippen molar-refractivity contribution in [2.75, 3.05) is 18.1 Å². The third-order valence-electron chi connectivity index (χ3n) is 4.04. The molecule has 1 aliphatic rings. The Bertz CT molecular complexity index is 1090. The highest BCUT2D eigenvalue weighted by molar-refractivity contribution is 6.39. The highest BCUT2D eigenvalue weighted by Gasteiger charge is 2.37. The van der Waals surface area contributed by atoms with Crippen molar-refractivity contribution < 1.29 is 28.2 Å². The number of nitrogens with zero attached hydrogens (tertiary/aromatic N) is 2. The molecule has 2 aromatic rings. The van der Waals surface area contributed by atoms with Gasteiger partial charge in [-0.25, -0.2) is 14.1 Å². The second-order valence-electron chi connectivity index (χ2n) is 6.02. The number of nitrogens with one attached hydrogen (secondary N) is 1. The average molecular weight is 409 g/mol. The molecular formula is C21H16FN3O5. The molecule has 1 N–H and O–H groups in total. The summed E-state index contributed by atoms with van der Waals surface area (Å²) in [6, 6.07) is 10.4. The van der Waals surface area contributed by atoms with Gasteiger partial charge < -0.3 is 9.47 Å². The van der Waals surface area contributed by atoms with E-state index in [-0.39, 0.29) is 17.9 Å². The summed E-state index contributed by atoms with van der Waals surface area (Å²) in [5.74, 6) is -1.75. The first kappa shape index (κ1) is 20.5. The number of nitriles is 1. The number of hydrogen-bond donors (Lipinski definition) is 1. The van der Waals surface area contributed by atoms with Crippen LogP contribution < -0.4 is 19.7 Å². The van der Waals surface area contributed by atoms with Crippen LogP contribution >= 0.6 is 0 Å². The molecule has 4 amide bonds. The smallest absolute Gasteiger partial charge is 0.335 e. The fourth-order valence-electron chi connectivity index (χ4n) is 2.79. The predicted molar refractivity (Wildman–Crippen MR) is 104 cm³/mol. The maximum Gasteiger partial charge on any atom is 0.335 e. The van der Waals surface area contributed by atoms with E-state index in [2.05, 4.69) is 5.32 Å². The minimum absolute atomic E-state index is 0.00819. The lowest BCUT2D eigenvalue weighted by atomic mass is 10.1. The lowest BCUT2D eigenvalue weighted by Crippen LogP contribution is -2.54. The standard InChI is InChI=1S/C21H16FN3O5/c1-2-29-18-11-13(6-7-17(18)30-9-8-23)10-16-19(26)24-21(28)25(20(16)27)15-5-3-4-14(22)12-15/h3-7,10-12H,2,9H2,1H3,(H,24,26,28)/b16-10+. The first-order valence-corrected chi connectivity index (χ1v) is 8.88. The number of halogens is 1. The Balaban J connectivity index is 1.98. The van der Waals surface area contributed by atoms with E-state index in [4.69, 9.17) is 14.7 Å². The Labute approximate surface area is 171 Å². The number of barbiturate groups is 1. The lowest BCUT2D eigenvalue weighted by molar-refractivity contribution is -0.122. The van der Waals surface area contributed by atoms with Crippen molar-refractivity contribution in [1.29, 1.82) is 5.26 Å².